The van der Waals surface area contributed by atoms with E-state index in [0.717, 1.165) is 5.56 Å². The molecule has 2 fully saturated rings. The van der Waals surface area contributed by atoms with E-state index in [2.05, 4.69) is 5.32 Å². The molecule has 1 heterocycles. The zero-order chi connectivity index (χ0) is 19.2. The molecule has 1 amide bonds. The number of sulfonamides is 1. The van der Waals surface area contributed by atoms with Gasteiger partial charge < -0.3 is 5.32 Å². The molecule has 1 saturated heterocycles. The van der Waals surface area contributed by atoms with Gasteiger partial charge in [-0.3, -0.25) is 4.79 Å². The first kappa shape index (κ1) is 18.1. The summed E-state index contributed by atoms with van der Waals surface area (Å²) in [6.45, 7) is 2.68. The van der Waals surface area contributed by atoms with Crippen LogP contribution in [0.5, 0.6) is 0 Å². The van der Waals surface area contributed by atoms with E-state index in [1.807, 2.05) is 6.92 Å². The van der Waals surface area contributed by atoms with E-state index < -0.39 is 15.8 Å². The van der Waals surface area contributed by atoms with E-state index >= 15 is 0 Å². The van der Waals surface area contributed by atoms with E-state index in [1.165, 1.54) is 16.4 Å². The minimum atomic E-state index is -3.55. The van der Waals surface area contributed by atoms with Crippen LogP contribution in [0.1, 0.15) is 18.4 Å². The van der Waals surface area contributed by atoms with E-state index in [9.17, 15) is 17.6 Å². The highest BCUT2D eigenvalue weighted by atomic mass is 32.2. The summed E-state index contributed by atoms with van der Waals surface area (Å²) in [7, 11) is -3.55. The highest BCUT2D eigenvalue weighted by Crippen LogP contribution is 2.59. The van der Waals surface area contributed by atoms with Crippen molar-refractivity contribution in [3.05, 3.63) is 59.9 Å². The smallest absolute Gasteiger partial charge is 0.243 e. The van der Waals surface area contributed by atoms with Crippen molar-refractivity contribution in [1.82, 2.24) is 4.31 Å². The number of anilines is 1. The summed E-state index contributed by atoms with van der Waals surface area (Å²) in [6.07, 6.45) is 1.33. The summed E-state index contributed by atoms with van der Waals surface area (Å²) in [5.41, 5.74) is 1.13. The summed E-state index contributed by atoms with van der Waals surface area (Å²) in [4.78, 5) is 12.8. The number of halogens is 1. The summed E-state index contributed by atoms with van der Waals surface area (Å²) in [6, 6.07) is 12.6. The third-order valence-corrected chi connectivity index (χ3v) is 7.47. The van der Waals surface area contributed by atoms with Crippen LogP contribution in [0.3, 0.4) is 0 Å². The van der Waals surface area contributed by atoms with Gasteiger partial charge in [0.25, 0.3) is 0 Å². The molecule has 1 aliphatic heterocycles. The van der Waals surface area contributed by atoms with Crippen molar-refractivity contribution in [3.63, 3.8) is 0 Å². The van der Waals surface area contributed by atoms with E-state index in [4.69, 9.17) is 0 Å². The molecule has 2 aromatic carbocycles. The van der Waals surface area contributed by atoms with Gasteiger partial charge in [-0.25, -0.2) is 12.8 Å². The molecule has 1 saturated carbocycles. The number of carbonyl (C=O) groups is 1. The van der Waals surface area contributed by atoms with Crippen molar-refractivity contribution in [2.24, 2.45) is 11.3 Å². The maximum absolute atomic E-state index is 13.3. The Morgan fingerprint density at radius 3 is 2.67 bits per heavy atom. The number of hydrogen-bond donors (Lipinski definition) is 1. The zero-order valence-electron chi connectivity index (χ0n) is 15.0. The molecule has 0 radical (unpaired) electrons. The molecule has 0 unspecified atom stereocenters. The number of nitrogens with zero attached hydrogens (tertiary/aromatic N) is 1. The van der Waals surface area contributed by atoms with Gasteiger partial charge in [0.05, 0.1) is 4.90 Å². The number of benzene rings is 2. The van der Waals surface area contributed by atoms with Crippen LogP contribution in [0.4, 0.5) is 10.1 Å². The third kappa shape index (κ3) is 3.37. The van der Waals surface area contributed by atoms with Crippen LogP contribution in [0.15, 0.2) is 53.4 Å². The fourth-order valence-electron chi connectivity index (χ4n) is 3.89. The molecule has 2 aromatic rings. The Hall–Kier alpha value is -2.25. The molecule has 2 atom stereocenters. The average molecular weight is 388 g/mol. The summed E-state index contributed by atoms with van der Waals surface area (Å²) in [5.74, 6) is -0.816. The van der Waals surface area contributed by atoms with Crippen molar-refractivity contribution < 1.29 is 17.6 Å². The van der Waals surface area contributed by atoms with E-state index in [-0.39, 0.29) is 22.1 Å². The second kappa shape index (κ2) is 6.42. The van der Waals surface area contributed by atoms with Crippen molar-refractivity contribution in [1.29, 1.82) is 0 Å². The highest BCUT2D eigenvalue weighted by Gasteiger charge is 2.62. The Kier molecular flexibility index (Phi) is 4.31. The molecule has 5 nitrogen and oxygen atoms in total. The lowest BCUT2D eigenvalue weighted by molar-refractivity contribution is -0.118. The molecule has 0 aromatic heterocycles. The number of amides is 1. The Labute approximate surface area is 158 Å². The van der Waals surface area contributed by atoms with Crippen LogP contribution < -0.4 is 5.32 Å². The minimum absolute atomic E-state index is 0.171. The molecule has 0 bridgehead atoms. The third-order valence-electron chi connectivity index (χ3n) is 5.61. The van der Waals surface area contributed by atoms with Gasteiger partial charge in [0, 0.05) is 24.7 Å². The lowest BCUT2D eigenvalue weighted by Gasteiger charge is -2.17. The predicted molar refractivity (Wildman–Crippen MR) is 100 cm³/mol. The van der Waals surface area contributed by atoms with Crippen LogP contribution in [0, 0.1) is 24.1 Å². The quantitative estimate of drug-likeness (QED) is 0.875. The largest absolute Gasteiger partial charge is 0.326 e. The molecular weight excluding hydrogens is 367 g/mol. The van der Waals surface area contributed by atoms with Gasteiger partial charge in [0.1, 0.15) is 5.82 Å². The van der Waals surface area contributed by atoms with Crippen molar-refractivity contribution >= 4 is 21.6 Å². The lowest BCUT2D eigenvalue weighted by Crippen LogP contribution is -2.30. The molecule has 4 rings (SSSR count). The second-order valence-electron chi connectivity index (χ2n) is 7.52. The number of rotatable bonds is 4. The van der Waals surface area contributed by atoms with Gasteiger partial charge in [0.15, 0.2) is 0 Å². The molecule has 1 N–H and O–H groups in total. The van der Waals surface area contributed by atoms with Crippen LogP contribution in [-0.2, 0) is 14.8 Å². The summed E-state index contributed by atoms with van der Waals surface area (Å²) < 4.78 is 40.5. The standard InChI is InChI=1S/C20H21FN2O3S/c1-14-5-7-17(8-6-14)27(25,26)23-10-9-20(13-23)12-18(20)19(24)22-16-4-2-3-15(21)11-16/h2-8,11,18H,9-10,12-13H2,1H3,(H,22,24)/t18-,20-/m0/s1. The van der Waals surface area contributed by atoms with Gasteiger partial charge >= 0.3 is 0 Å². The number of carbonyl (C=O) groups excluding carboxylic acids is 1. The summed E-state index contributed by atoms with van der Waals surface area (Å²) in [5, 5.41) is 2.74. The number of nitrogens with one attached hydrogen (secondary N) is 1. The van der Waals surface area contributed by atoms with E-state index in [0.29, 0.717) is 31.6 Å². The Morgan fingerprint density at radius 2 is 1.96 bits per heavy atom. The molecule has 2 aliphatic rings. The molecule has 27 heavy (non-hydrogen) atoms. The fourth-order valence-corrected chi connectivity index (χ4v) is 5.42. The lowest BCUT2D eigenvalue weighted by atomic mass is 10.0. The van der Waals surface area contributed by atoms with Gasteiger partial charge in [0.2, 0.25) is 15.9 Å². The molecule has 1 spiro atoms. The van der Waals surface area contributed by atoms with Crippen LogP contribution in [0.2, 0.25) is 0 Å². The van der Waals surface area contributed by atoms with Crippen molar-refractivity contribution in [2.75, 3.05) is 18.4 Å². The van der Waals surface area contributed by atoms with Gasteiger partial charge in [-0.1, -0.05) is 23.8 Å². The minimum Gasteiger partial charge on any atom is -0.326 e. The topological polar surface area (TPSA) is 66.5 Å². The molecular formula is C20H21FN2O3S. The average Bonchev–Trinajstić information content (AvgIpc) is 3.14. The SMILES string of the molecule is Cc1ccc(S(=O)(=O)N2CC[C@]3(C[C@H]3C(=O)Nc3cccc(F)c3)C2)cc1. The van der Waals surface area contributed by atoms with Crippen LogP contribution in [-0.4, -0.2) is 31.7 Å². The number of hydrogen-bond acceptors (Lipinski definition) is 3. The van der Waals surface area contributed by atoms with E-state index in [1.54, 1.807) is 36.4 Å². The van der Waals surface area contributed by atoms with Gasteiger partial charge in [-0.15, -0.1) is 0 Å². The van der Waals surface area contributed by atoms with Gasteiger partial charge in [-0.05, 0) is 55.5 Å². The van der Waals surface area contributed by atoms with Crippen LogP contribution >= 0.6 is 0 Å². The summed E-state index contributed by atoms with van der Waals surface area (Å²) >= 11 is 0. The Balaban J connectivity index is 1.44. The second-order valence-corrected chi connectivity index (χ2v) is 9.46. The first-order chi connectivity index (χ1) is 12.8. The van der Waals surface area contributed by atoms with Gasteiger partial charge in [-0.2, -0.15) is 4.31 Å². The first-order valence-electron chi connectivity index (χ1n) is 8.93. The number of aryl methyl sites for hydroxylation is 1. The molecule has 7 heteroatoms. The normalized spacial score (nSPS) is 24.9. The molecule has 142 valence electrons. The predicted octanol–water partition coefficient (Wildman–Crippen LogP) is 3.17. The van der Waals surface area contributed by atoms with Crippen LogP contribution in [0.25, 0.3) is 0 Å². The van der Waals surface area contributed by atoms with Crippen molar-refractivity contribution in [3.8, 4) is 0 Å². The first-order valence-corrected chi connectivity index (χ1v) is 10.4. The Bertz CT molecular complexity index is 991. The van der Waals surface area contributed by atoms with Crippen molar-refractivity contribution in [2.45, 2.75) is 24.7 Å². The Morgan fingerprint density at radius 1 is 1.22 bits per heavy atom. The monoisotopic (exact) mass is 388 g/mol. The highest BCUT2D eigenvalue weighted by molar-refractivity contribution is 7.89. The maximum Gasteiger partial charge on any atom is 0.243 e. The fraction of sp³-hybridized carbons (Fsp3) is 0.350. The zero-order valence-corrected chi connectivity index (χ0v) is 15.8. The molecule has 1 aliphatic carbocycles. The maximum atomic E-state index is 13.3.